The van der Waals surface area contributed by atoms with Gasteiger partial charge in [-0.05, 0) is 43.5 Å². The van der Waals surface area contributed by atoms with Crippen molar-refractivity contribution in [2.24, 2.45) is 0 Å². The van der Waals surface area contributed by atoms with E-state index in [2.05, 4.69) is 4.98 Å². The van der Waals surface area contributed by atoms with E-state index in [-0.39, 0.29) is 0 Å². The first-order chi connectivity index (χ1) is 9.25. The van der Waals surface area contributed by atoms with Gasteiger partial charge in [-0.1, -0.05) is 18.2 Å². The highest BCUT2D eigenvalue weighted by Gasteiger charge is 2.19. The molecule has 0 saturated carbocycles. The minimum absolute atomic E-state index is 0.633. The van der Waals surface area contributed by atoms with Crippen LogP contribution in [0, 0.1) is 6.92 Å². The van der Waals surface area contributed by atoms with Crippen LogP contribution in [-0.4, -0.2) is 16.7 Å². The molecule has 1 aromatic carbocycles. The van der Waals surface area contributed by atoms with Crippen LogP contribution in [0.5, 0.6) is 0 Å². The lowest BCUT2D eigenvalue weighted by atomic mass is 10.1. The van der Waals surface area contributed by atoms with E-state index in [1.54, 1.807) is 0 Å². The van der Waals surface area contributed by atoms with E-state index in [0.717, 1.165) is 29.3 Å². The molecule has 1 aliphatic rings. The second kappa shape index (κ2) is 5.02. The van der Waals surface area contributed by atoms with Gasteiger partial charge in [-0.3, -0.25) is 0 Å². The minimum atomic E-state index is -0.761. The molecule has 0 aliphatic carbocycles. The summed E-state index contributed by atoms with van der Waals surface area (Å²) in [6.07, 6.45) is 3.17. The molecule has 1 aromatic heterocycles. The second-order valence-electron chi connectivity index (χ2n) is 4.88. The number of benzene rings is 1. The molecule has 19 heavy (non-hydrogen) atoms. The number of allylic oxidation sites excluding steroid dienone is 1. The van der Waals surface area contributed by atoms with Crippen LogP contribution in [0.25, 0.3) is 10.9 Å². The fourth-order valence-electron chi connectivity index (χ4n) is 2.43. The van der Waals surface area contributed by atoms with Crippen LogP contribution in [-0.2, 0) is 4.74 Å². The lowest BCUT2D eigenvalue weighted by molar-refractivity contribution is 0.0896. The molecule has 2 aromatic rings. The number of aliphatic hydroxyl groups excluding tert-OH is 1. The summed E-state index contributed by atoms with van der Waals surface area (Å²) in [6.45, 7) is 2.71. The molecule has 0 saturated heterocycles. The zero-order valence-electron chi connectivity index (χ0n) is 11.0. The van der Waals surface area contributed by atoms with Crippen molar-refractivity contribution in [2.45, 2.75) is 25.9 Å². The molecule has 3 heteroatoms. The maximum atomic E-state index is 10.4. The van der Waals surface area contributed by atoms with Gasteiger partial charge in [0, 0.05) is 5.39 Å². The van der Waals surface area contributed by atoms with Crippen molar-refractivity contribution in [1.29, 1.82) is 0 Å². The Kier molecular flexibility index (Phi) is 3.22. The number of ether oxygens (including phenoxy) is 1. The molecule has 0 amide bonds. The molecule has 2 heterocycles. The summed E-state index contributed by atoms with van der Waals surface area (Å²) in [4.78, 5) is 4.54. The van der Waals surface area contributed by atoms with Crippen LogP contribution in [0.2, 0.25) is 0 Å². The van der Waals surface area contributed by atoms with E-state index < -0.39 is 6.10 Å². The highest BCUT2D eigenvalue weighted by atomic mass is 16.5. The third kappa shape index (κ3) is 2.34. The van der Waals surface area contributed by atoms with Crippen LogP contribution in [0.1, 0.15) is 30.2 Å². The first kappa shape index (κ1) is 12.2. The van der Waals surface area contributed by atoms with E-state index in [9.17, 15) is 5.11 Å². The Bertz CT molecular complexity index is 634. The Hall–Kier alpha value is -1.87. The largest absolute Gasteiger partial charge is 0.495 e. The molecular formula is C16H17NO2. The quantitative estimate of drug-likeness (QED) is 0.895. The van der Waals surface area contributed by atoms with E-state index in [4.69, 9.17) is 4.74 Å². The molecule has 0 radical (unpaired) electrons. The van der Waals surface area contributed by atoms with Crippen LogP contribution < -0.4 is 0 Å². The summed E-state index contributed by atoms with van der Waals surface area (Å²) < 4.78 is 5.52. The number of aliphatic hydroxyl groups is 1. The molecular weight excluding hydrogens is 238 g/mol. The fraction of sp³-hybridized carbons (Fsp3) is 0.312. The summed E-state index contributed by atoms with van der Waals surface area (Å²) in [7, 11) is 0. The van der Waals surface area contributed by atoms with Crippen molar-refractivity contribution in [3.63, 3.8) is 0 Å². The van der Waals surface area contributed by atoms with Crippen molar-refractivity contribution in [1.82, 2.24) is 4.98 Å². The molecule has 3 rings (SSSR count). The smallest absolute Gasteiger partial charge is 0.152 e. The predicted molar refractivity (Wildman–Crippen MR) is 74.7 cm³/mol. The summed E-state index contributed by atoms with van der Waals surface area (Å²) in [5.41, 5.74) is 2.69. The molecule has 0 bridgehead atoms. The van der Waals surface area contributed by atoms with Crippen molar-refractivity contribution in [3.05, 3.63) is 53.4 Å². The Morgan fingerprint density at radius 3 is 2.95 bits per heavy atom. The lowest BCUT2D eigenvalue weighted by Gasteiger charge is -2.20. The van der Waals surface area contributed by atoms with E-state index in [0.29, 0.717) is 18.1 Å². The van der Waals surface area contributed by atoms with Crippen molar-refractivity contribution >= 4 is 10.9 Å². The van der Waals surface area contributed by atoms with Gasteiger partial charge in [0.25, 0.3) is 0 Å². The molecule has 1 unspecified atom stereocenters. The van der Waals surface area contributed by atoms with Gasteiger partial charge in [-0.2, -0.15) is 0 Å². The molecule has 1 atom stereocenters. The molecule has 0 fully saturated rings. The number of aryl methyl sites for hydroxylation is 1. The zero-order valence-corrected chi connectivity index (χ0v) is 11.0. The van der Waals surface area contributed by atoms with E-state index in [1.807, 2.05) is 43.3 Å². The van der Waals surface area contributed by atoms with Crippen LogP contribution in [0.4, 0.5) is 0 Å². The highest BCUT2D eigenvalue weighted by molar-refractivity contribution is 5.82. The Balaban J connectivity index is 2.03. The maximum absolute atomic E-state index is 10.4. The summed E-state index contributed by atoms with van der Waals surface area (Å²) in [6, 6.07) is 9.91. The van der Waals surface area contributed by atoms with Gasteiger partial charge in [0.05, 0.1) is 17.8 Å². The van der Waals surface area contributed by atoms with Gasteiger partial charge in [-0.15, -0.1) is 0 Å². The van der Waals surface area contributed by atoms with Gasteiger partial charge >= 0.3 is 0 Å². The monoisotopic (exact) mass is 255 g/mol. The first-order valence-corrected chi connectivity index (χ1v) is 6.63. The van der Waals surface area contributed by atoms with Crippen LogP contribution in [0.3, 0.4) is 0 Å². The number of nitrogens with zero attached hydrogens (tertiary/aromatic N) is 1. The Morgan fingerprint density at radius 2 is 2.16 bits per heavy atom. The number of aromatic nitrogens is 1. The molecule has 98 valence electrons. The van der Waals surface area contributed by atoms with Crippen molar-refractivity contribution in [2.75, 3.05) is 6.61 Å². The number of fused-ring (bicyclic) bond motifs is 1. The third-order valence-corrected chi connectivity index (χ3v) is 3.46. The fourth-order valence-corrected chi connectivity index (χ4v) is 2.43. The van der Waals surface area contributed by atoms with Crippen LogP contribution >= 0.6 is 0 Å². The summed E-state index contributed by atoms with van der Waals surface area (Å²) in [5, 5.41) is 11.5. The minimum Gasteiger partial charge on any atom is -0.495 e. The average molecular weight is 255 g/mol. The molecule has 1 aliphatic heterocycles. The number of hydrogen-bond donors (Lipinski definition) is 1. The number of pyridine rings is 1. The lowest BCUT2D eigenvalue weighted by Crippen LogP contribution is -2.11. The number of para-hydroxylation sites is 1. The number of rotatable bonds is 2. The zero-order chi connectivity index (χ0) is 13.2. The van der Waals surface area contributed by atoms with E-state index in [1.165, 1.54) is 0 Å². The van der Waals surface area contributed by atoms with E-state index >= 15 is 0 Å². The Labute approximate surface area is 112 Å². The highest BCUT2D eigenvalue weighted by Crippen LogP contribution is 2.27. The molecule has 0 spiro atoms. The van der Waals surface area contributed by atoms with Gasteiger partial charge in [0.15, 0.2) is 6.10 Å². The third-order valence-electron chi connectivity index (χ3n) is 3.46. The average Bonchev–Trinajstić information content (AvgIpc) is 2.47. The summed E-state index contributed by atoms with van der Waals surface area (Å²) >= 11 is 0. The number of hydrogen-bond acceptors (Lipinski definition) is 3. The topological polar surface area (TPSA) is 42.4 Å². The van der Waals surface area contributed by atoms with Gasteiger partial charge in [0.2, 0.25) is 0 Å². The summed E-state index contributed by atoms with van der Waals surface area (Å²) in [5.74, 6) is 0.633. The van der Waals surface area contributed by atoms with Crippen molar-refractivity contribution < 1.29 is 9.84 Å². The van der Waals surface area contributed by atoms with Gasteiger partial charge < -0.3 is 9.84 Å². The van der Waals surface area contributed by atoms with Crippen molar-refractivity contribution in [3.8, 4) is 0 Å². The van der Waals surface area contributed by atoms with Gasteiger partial charge in [-0.25, -0.2) is 4.98 Å². The van der Waals surface area contributed by atoms with Gasteiger partial charge in [0.1, 0.15) is 5.76 Å². The molecule has 1 N–H and O–H groups in total. The predicted octanol–water partition coefficient (Wildman–Crippen LogP) is 3.27. The SMILES string of the molecule is Cc1cc(C(O)C2=CCCCO2)nc2ccccc12. The normalized spacial score (nSPS) is 16.8. The second-order valence-corrected chi connectivity index (χ2v) is 4.88. The Morgan fingerprint density at radius 1 is 1.32 bits per heavy atom. The first-order valence-electron chi connectivity index (χ1n) is 6.63. The maximum Gasteiger partial charge on any atom is 0.152 e. The molecule has 3 nitrogen and oxygen atoms in total. The van der Waals surface area contributed by atoms with Crippen LogP contribution in [0.15, 0.2) is 42.2 Å². The standard InChI is InChI=1S/C16H17NO2/c1-11-10-14(16(18)15-8-4-5-9-19-15)17-13-7-3-2-6-12(11)13/h2-3,6-8,10,16,18H,4-5,9H2,1H3.